The van der Waals surface area contributed by atoms with Crippen molar-refractivity contribution in [2.75, 3.05) is 6.54 Å². The molecule has 0 spiro atoms. The highest BCUT2D eigenvalue weighted by Crippen LogP contribution is 2.25. The van der Waals surface area contributed by atoms with Gasteiger partial charge in [0.15, 0.2) is 0 Å². The molecular formula is C15H18N2. The highest BCUT2D eigenvalue weighted by molar-refractivity contribution is 5.79. The van der Waals surface area contributed by atoms with Crippen molar-refractivity contribution in [1.29, 1.82) is 0 Å². The largest absolute Gasteiger partial charge is 0.310 e. The van der Waals surface area contributed by atoms with E-state index in [0.717, 1.165) is 17.8 Å². The maximum absolute atomic E-state index is 4.54. The molecule has 2 heterocycles. The smallest absolute Gasteiger partial charge is 0.0705 e. The van der Waals surface area contributed by atoms with Crippen LogP contribution in [0, 0.1) is 6.92 Å². The van der Waals surface area contributed by atoms with Crippen molar-refractivity contribution in [1.82, 2.24) is 10.3 Å². The number of benzene rings is 1. The predicted molar refractivity (Wildman–Crippen MR) is 71.1 cm³/mol. The monoisotopic (exact) mass is 226 g/mol. The summed E-state index contributed by atoms with van der Waals surface area (Å²) in [6.45, 7) is 3.19. The van der Waals surface area contributed by atoms with Crippen LogP contribution in [0.1, 0.15) is 36.6 Å². The number of piperidine rings is 1. The molecule has 1 aliphatic rings. The lowest BCUT2D eigenvalue weighted by Crippen LogP contribution is -2.26. The number of nitrogens with one attached hydrogen (secondary N) is 1. The average molecular weight is 226 g/mol. The summed E-state index contributed by atoms with van der Waals surface area (Å²) >= 11 is 0. The quantitative estimate of drug-likeness (QED) is 0.806. The topological polar surface area (TPSA) is 24.9 Å². The third kappa shape index (κ3) is 2.18. The van der Waals surface area contributed by atoms with Gasteiger partial charge in [-0.25, -0.2) is 0 Å². The number of fused-ring (bicyclic) bond motifs is 1. The van der Waals surface area contributed by atoms with Gasteiger partial charge in [0, 0.05) is 17.1 Å². The zero-order valence-corrected chi connectivity index (χ0v) is 10.2. The molecule has 2 heteroatoms. The summed E-state index contributed by atoms with van der Waals surface area (Å²) in [5.74, 6) is 0. The molecule has 1 aromatic heterocycles. The third-order valence-corrected chi connectivity index (χ3v) is 3.57. The number of hydrogen-bond acceptors (Lipinski definition) is 2. The van der Waals surface area contributed by atoms with Gasteiger partial charge in [-0.2, -0.15) is 0 Å². The minimum atomic E-state index is 0.537. The molecule has 0 saturated carbocycles. The number of rotatable bonds is 1. The van der Waals surface area contributed by atoms with Crippen molar-refractivity contribution in [3.05, 3.63) is 41.6 Å². The Labute approximate surface area is 102 Å². The van der Waals surface area contributed by atoms with Crippen LogP contribution in [0.25, 0.3) is 10.9 Å². The van der Waals surface area contributed by atoms with Gasteiger partial charge < -0.3 is 5.32 Å². The minimum Gasteiger partial charge on any atom is -0.310 e. The first-order valence-corrected chi connectivity index (χ1v) is 6.44. The lowest BCUT2D eigenvalue weighted by molar-refractivity contribution is 0.412. The molecular weight excluding hydrogens is 208 g/mol. The van der Waals surface area contributed by atoms with Crippen LogP contribution in [0.15, 0.2) is 30.3 Å². The normalized spacial score (nSPS) is 20.6. The molecule has 1 aliphatic heterocycles. The van der Waals surface area contributed by atoms with E-state index in [1.165, 1.54) is 30.2 Å². The molecule has 2 aromatic rings. The number of hydrogen-bond donors (Lipinski definition) is 1. The number of aromatic nitrogens is 1. The Balaban J connectivity index is 1.98. The van der Waals surface area contributed by atoms with Gasteiger partial charge in [-0.1, -0.05) is 18.6 Å². The highest BCUT2D eigenvalue weighted by atomic mass is 14.9. The second-order valence-corrected chi connectivity index (χ2v) is 4.91. The molecule has 88 valence electrons. The standard InChI is InChI=1S/C15H18N2/c1-11-5-6-13-10-12(7-8-15(13)17-11)14-4-2-3-9-16-14/h5-8,10,14,16H,2-4,9H2,1H3. The molecule has 0 amide bonds. The van der Waals surface area contributed by atoms with Crippen LogP contribution in [0.2, 0.25) is 0 Å². The van der Waals surface area contributed by atoms with E-state index in [1.54, 1.807) is 0 Å². The second kappa shape index (κ2) is 4.46. The summed E-state index contributed by atoms with van der Waals surface area (Å²) in [7, 11) is 0. The zero-order chi connectivity index (χ0) is 11.7. The van der Waals surface area contributed by atoms with Crippen LogP contribution in [-0.2, 0) is 0 Å². The van der Waals surface area contributed by atoms with Gasteiger partial charge in [0.2, 0.25) is 0 Å². The molecule has 2 nitrogen and oxygen atoms in total. The SMILES string of the molecule is Cc1ccc2cc(C3CCCCN3)ccc2n1. The molecule has 0 aliphatic carbocycles. The van der Waals surface area contributed by atoms with Crippen molar-refractivity contribution in [3.8, 4) is 0 Å². The second-order valence-electron chi connectivity index (χ2n) is 4.91. The van der Waals surface area contributed by atoms with E-state index in [2.05, 4.69) is 40.6 Å². The van der Waals surface area contributed by atoms with Gasteiger partial charge in [0.05, 0.1) is 5.52 Å². The molecule has 3 rings (SSSR count). The molecule has 1 saturated heterocycles. The lowest BCUT2D eigenvalue weighted by atomic mass is 9.96. The van der Waals surface area contributed by atoms with Crippen molar-refractivity contribution in [2.24, 2.45) is 0 Å². The molecule has 1 atom stereocenters. The van der Waals surface area contributed by atoms with Crippen molar-refractivity contribution >= 4 is 10.9 Å². The van der Waals surface area contributed by atoms with Crippen LogP contribution in [0.4, 0.5) is 0 Å². The number of pyridine rings is 1. The van der Waals surface area contributed by atoms with E-state index in [4.69, 9.17) is 0 Å². The Morgan fingerprint density at radius 1 is 1.18 bits per heavy atom. The molecule has 1 unspecified atom stereocenters. The zero-order valence-electron chi connectivity index (χ0n) is 10.2. The Bertz CT molecular complexity index is 527. The van der Waals surface area contributed by atoms with Gasteiger partial charge in [0.1, 0.15) is 0 Å². The highest BCUT2D eigenvalue weighted by Gasteiger charge is 2.14. The van der Waals surface area contributed by atoms with E-state index in [0.29, 0.717) is 6.04 Å². The average Bonchev–Trinajstić information content (AvgIpc) is 2.39. The summed E-state index contributed by atoms with van der Waals surface area (Å²) < 4.78 is 0. The minimum absolute atomic E-state index is 0.537. The number of aryl methyl sites for hydroxylation is 1. The van der Waals surface area contributed by atoms with E-state index < -0.39 is 0 Å². The molecule has 1 N–H and O–H groups in total. The summed E-state index contributed by atoms with van der Waals surface area (Å²) in [6.07, 6.45) is 3.90. The number of nitrogens with zero attached hydrogens (tertiary/aromatic N) is 1. The third-order valence-electron chi connectivity index (χ3n) is 3.57. The summed E-state index contributed by atoms with van der Waals surface area (Å²) in [5.41, 5.74) is 3.59. The van der Waals surface area contributed by atoms with Gasteiger partial charge in [-0.3, -0.25) is 4.98 Å². The molecule has 0 radical (unpaired) electrons. The fourth-order valence-electron chi connectivity index (χ4n) is 2.60. The summed E-state index contributed by atoms with van der Waals surface area (Å²) in [4.78, 5) is 4.54. The molecule has 1 fully saturated rings. The molecule has 0 bridgehead atoms. The maximum Gasteiger partial charge on any atom is 0.0705 e. The van der Waals surface area contributed by atoms with Crippen molar-refractivity contribution in [2.45, 2.75) is 32.2 Å². The van der Waals surface area contributed by atoms with Crippen LogP contribution < -0.4 is 5.32 Å². The fraction of sp³-hybridized carbons (Fsp3) is 0.400. The first-order valence-electron chi connectivity index (χ1n) is 6.44. The van der Waals surface area contributed by atoms with Crippen LogP contribution in [-0.4, -0.2) is 11.5 Å². The van der Waals surface area contributed by atoms with Crippen LogP contribution in [0.3, 0.4) is 0 Å². The van der Waals surface area contributed by atoms with E-state index in [9.17, 15) is 0 Å². The van der Waals surface area contributed by atoms with Crippen LogP contribution in [0.5, 0.6) is 0 Å². The Morgan fingerprint density at radius 3 is 2.94 bits per heavy atom. The lowest BCUT2D eigenvalue weighted by Gasteiger charge is -2.24. The molecule has 1 aromatic carbocycles. The predicted octanol–water partition coefficient (Wildman–Crippen LogP) is 3.36. The Morgan fingerprint density at radius 2 is 2.12 bits per heavy atom. The Hall–Kier alpha value is -1.41. The first kappa shape index (κ1) is 10.7. The fourth-order valence-corrected chi connectivity index (χ4v) is 2.60. The van der Waals surface area contributed by atoms with E-state index >= 15 is 0 Å². The van der Waals surface area contributed by atoms with Gasteiger partial charge in [0.25, 0.3) is 0 Å². The Kier molecular flexibility index (Phi) is 2.81. The maximum atomic E-state index is 4.54. The van der Waals surface area contributed by atoms with Crippen molar-refractivity contribution < 1.29 is 0 Å². The van der Waals surface area contributed by atoms with E-state index in [-0.39, 0.29) is 0 Å². The van der Waals surface area contributed by atoms with E-state index in [1.807, 2.05) is 6.92 Å². The van der Waals surface area contributed by atoms with Gasteiger partial charge in [-0.05, 0) is 50.1 Å². The summed E-state index contributed by atoms with van der Waals surface area (Å²) in [6, 6.07) is 11.4. The van der Waals surface area contributed by atoms with Crippen LogP contribution >= 0.6 is 0 Å². The van der Waals surface area contributed by atoms with Gasteiger partial charge in [-0.15, -0.1) is 0 Å². The van der Waals surface area contributed by atoms with Crippen molar-refractivity contribution in [3.63, 3.8) is 0 Å². The van der Waals surface area contributed by atoms with Gasteiger partial charge >= 0.3 is 0 Å². The molecule has 17 heavy (non-hydrogen) atoms. The summed E-state index contributed by atoms with van der Waals surface area (Å²) in [5, 5.41) is 4.84. The first-order chi connectivity index (χ1) is 8.33.